The van der Waals surface area contributed by atoms with E-state index in [1.807, 2.05) is 30.3 Å². The van der Waals surface area contributed by atoms with Crippen LogP contribution in [0.3, 0.4) is 0 Å². The fourth-order valence-corrected chi connectivity index (χ4v) is 3.04. The average molecular weight is 437 g/mol. The van der Waals surface area contributed by atoms with Crippen LogP contribution in [0.1, 0.15) is 18.5 Å². The van der Waals surface area contributed by atoms with E-state index < -0.39 is 0 Å². The van der Waals surface area contributed by atoms with Gasteiger partial charge in [-0.2, -0.15) is 0 Å². The van der Waals surface area contributed by atoms with Crippen LogP contribution < -0.4 is 5.32 Å². The van der Waals surface area contributed by atoms with E-state index in [1.54, 1.807) is 0 Å². The van der Waals surface area contributed by atoms with Gasteiger partial charge in [-0.25, -0.2) is 0 Å². The van der Waals surface area contributed by atoms with Crippen molar-refractivity contribution in [3.8, 4) is 0 Å². The summed E-state index contributed by atoms with van der Waals surface area (Å²) in [6, 6.07) is 14.4. The number of anilines is 1. The van der Waals surface area contributed by atoms with Gasteiger partial charge in [0.05, 0.1) is 10.7 Å². The van der Waals surface area contributed by atoms with Gasteiger partial charge in [0, 0.05) is 14.1 Å². The molecule has 1 atom stereocenters. The molecular weight excluding hydrogens is 424 g/mol. The smallest absolute Gasteiger partial charge is 0.0638 e. The van der Waals surface area contributed by atoms with E-state index in [0.29, 0.717) is 0 Å². The lowest BCUT2D eigenvalue weighted by atomic mass is 10.1. The van der Waals surface area contributed by atoms with Gasteiger partial charge >= 0.3 is 0 Å². The second kappa shape index (κ2) is 6.26. The zero-order valence-corrected chi connectivity index (χ0v) is 14.3. The van der Waals surface area contributed by atoms with Crippen LogP contribution in [0.15, 0.2) is 46.9 Å². The Bertz CT molecular complexity index is 559. The van der Waals surface area contributed by atoms with Crippen molar-refractivity contribution in [1.82, 2.24) is 0 Å². The van der Waals surface area contributed by atoms with Crippen LogP contribution in [0.4, 0.5) is 5.69 Å². The van der Waals surface area contributed by atoms with E-state index in [1.165, 1.54) is 9.13 Å². The quantitative estimate of drug-likeness (QED) is 0.593. The zero-order valence-electron chi connectivity index (χ0n) is 9.75. The fourth-order valence-electron chi connectivity index (χ4n) is 1.75. The molecule has 0 amide bonds. The average Bonchev–Trinajstić information content (AvgIpc) is 2.34. The van der Waals surface area contributed by atoms with Crippen molar-refractivity contribution in [1.29, 1.82) is 0 Å². The summed E-state index contributed by atoms with van der Waals surface area (Å²) in [5.41, 5.74) is 2.18. The van der Waals surface area contributed by atoms with E-state index in [0.717, 1.165) is 15.2 Å². The van der Waals surface area contributed by atoms with Crippen LogP contribution in [0.5, 0.6) is 0 Å². The SMILES string of the molecule is CC(Nc1cc(I)ccc1Cl)c1ccccc1Br. The monoisotopic (exact) mass is 435 g/mol. The van der Waals surface area contributed by atoms with Crippen LogP contribution in [0, 0.1) is 3.57 Å². The van der Waals surface area contributed by atoms with Gasteiger partial charge in [-0.05, 0) is 59.3 Å². The van der Waals surface area contributed by atoms with Crippen molar-refractivity contribution in [2.45, 2.75) is 13.0 Å². The molecule has 0 saturated carbocycles. The Morgan fingerprint density at radius 3 is 2.67 bits per heavy atom. The first-order valence-corrected chi connectivity index (χ1v) is 7.79. The van der Waals surface area contributed by atoms with Crippen LogP contribution in [-0.4, -0.2) is 0 Å². The predicted octanol–water partition coefficient (Wildman–Crippen LogP) is 5.88. The van der Waals surface area contributed by atoms with Crippen molar-refractivity contribution in [2.24, 2.45) is 0 Å². The van der Waals surface area contributed by atoms with E-state index >= 15 is 0 Å². The molecule has 0 saturated heterocycles. The number of halogens is 3. The largest absolute Gasteiger partial charge is 0.377 e. The summed E-state index contributed by atoms with van der Waals surface area (Å²) >= 11 is 12.0. The maximum Gasteiger partial charge on any atom is 0.0638 e. The number of benzene rings is 2. The lowest BCUT2D eigenvalue weighted by molar-refractivity contribution is 0.879. The summed E-state index contributed by atoms with van der Waals surface area (Å²) in [5, 5.41) is 4.19. The van der Waals surface area contributed by atoms with Gasteiger partial charge in [-0.3, -0.25) is 0 Å². The second-order valence-corrected chi connectivity index (χ2v) is 6.52. The van der Waals surface area contributed by atoms with Gasteiger partial charge in [-0.15, -0.1) is 0 Å². The molecule has 2 rings (SSSR count). The van der Waals surface area contributed by atoms with Gasteiger partial charge in [-0.1, -0.05) is 45.7 Å². The Morgan fingerprint density at radius 1 is 1.22 bits per heavy atom. The minimum absolute atomic E-state index is 0.191. The first-order chi connectivity index (χ1) is 8.58. The molecule has 2 aromatic carbocycles. The third-order valence-corrected chi connectivity index (χ3v) is 4.39. The van der Waals surface area contributed by atoms with Crippen LogP contribution >= 0.6 is 50.1 Å². The minimum Gasteiger partial charge on any atom is -0.377 e. The molecule has 0 radical (unpaired) electrons. The molecule has 0 aliphatic heterocycles. The Morgan fingerprint density at radius 2 is 1.94 bits per heavy atom. The topological polar surface area (TPSA) is 12.0 Å². The molecule has 4 heteroatoms. The molecule has 1 nitrogen and oxygen atoms in total. The predicted molar refractivity (Wildman–Crippen MR) is 90.3 cm³/mol. The lowest BCUT2D eigenvalue weighted by Crippen LogP contribution is -2.07. The molecule has 0 spiro atoms. The van der Waals surface area contributed by atoms with Crippen LogP contribution in [0.2, 0.25) is 5.02 Å². The minimum atomic E-state index is 0.191. The highest BCUT2D eigenvalue weighted by Gasteiger charge is 2.10. The van der Waals surface area contributed by atoms with Gasteiger partial charge < -0.3 is 5.32 Å². The molecule has 0 aliphatic carbocycles. The maximum absolute atomic E-state index is 6.19. The third kappa shape index (κ3) is 3.39. The molecule has 0 fully saturated rings. The summed E-state index contributed by atoms with van der Waals surface area (Å²) in [6.07, 6.45) is 0. The molecule has 1 N–H and O–H groups in total. The Balaban J connectivity index is 2.24. The highest BCUT2D eigenvalue weighted by Crippen LogP contribution is 2.30. The molecule has 0 heterocycles. The molecular formula is C14H12BrClIN. The number of hydrogen-bond donors (Lipinski definition) is 1. The van der Waals surface area contributed by atoms with Gasteiger partial charge in [0.1, 0.15) is 0 Å². The second-order valence-electron chi connectivity index (χ2n) is 4.01. The normalized spacial score (nSPS) is 12.2. The van der Waals surface area contributed by atoms with Crippen molar-refractivity contribution in [2.75, 3.05) is 5.32 Å². The van der Waals surface area contributed by atoms with Crippen molar-refractivity contribution < 1.29 is 0 Å². The van der Waals surface area contributed by atoms with E-state index in [-0.39, 0.29) is 6.04 Å². The first-order valence-electron chi connectivity index (χ1n) is 5.54. The van der Waals surface area contributed by atoms with Crippen molar-refractivity contribution in [3.05, 3.63) is 61.1 Å². The molecule has 94 valence electrons. The van der Waals surface area contributed by atoms with Gasteiger partial charge in [0.15, 0.2) is 0 Å². The molecule has 18 heavy (non-hydrogen) atoms. The molecule has 0 aliphatic rings. The first kappa shape index (κ1) is 14.2. The summed E-state index contributed by atoms with van der Waals surface area (Å²) in [6.45, 7) is 2.12. The van der Waals surface area contributed by atoms with Gasteiger partial charge in [0.2, 0.25) is 0 Å². The highest BCUT2D eigenvalue weighted by molar-refractivity contribution is 14.1. The number of hydrogen-bond acceptors (Lipinski definition) is 1. The summed E-state index contributed by atoms with van der Waals surface area (Å²) < 4.78 is 2.27. The van der Waals surface area contributed by atoms with Crippen molar-refractivity contribution >= 4 is 55.8 Å². The molecule has 0 bridgehead atoms. The zero-order chi connectivity index (χ0) is 13.1. The summed E-state index contributed by atoms with van der Waals surface area (Å²) in [5.74, 6) is 0. The molecule has 2 aromatic rings. The number of nitrogens with one attached hydrogen (secondary N) is 1. The summed E-state index contributed by atoms with van der Waals surface area (Å²) in [7, 11) is 0. The Hall–Kier alpha value is -0.260. The Labute approximate surface area is 134 Å². The highest BCUT2D eigenvalue weighted by atomic mass is 127. The van der Waals surface area contributed by atoms with Crippen molar-refractivity contribution in [3.63, 3.8) is 0 Å². The van der Waals surface area contributed by atoms with E-state index in [9.17, 15) is 0 Å². The van der Waals surface area contributed by atoms with Gasteiger partial charge in [0.25, 0.3) is 0 Å². The third-order valence-electron chi connectivity index (χ3n) is 2.67. The summed E-state index contributed by atoms with van der Waals surface area (Å²) in [4.78, 5) is 0. The molecule has 0 aromatic heterocycles. The Kier molecular flexibility index (Phi) is 4.92. The van der Waals surface area contributed by atoms with Crippen LogP contribution in [0.25, 0.3) is 0 Å². The van der Waals surface area contributed by atoms with E-state index in [2.05, 4.69) is 62.9 Å². The van der Waals surface area contributed by atoms with Crippen LogP contribution in [-0.2, 0) is 0 Å². The fraction of sp³-hybridized carbons (Fsp3) is 0.143. The molecule has 1 unspecified atom stereocenters. The standard InChI is InChI=1S/C14H12BrClIN/c1-9(11-4-2-3-5-12(11)15)18-14-8-10(17)6-7-13(14)16/h2-9,18H,1H3. The van der Waals surface area contributed by atoms with E-state index in [4.69, 9.17) is 11.6 Å². The maximum atomic E-state index is 6.19. The number of rotatable bonds is 3. The lowest BCUT2D eigenvalue weighted by Gasteiger charge is -2.18.